The van der Waals surface area contributed by atoms with E-state index in [1.54, 1.807) is 0 Å². The fourth-order valence-corrected chi connectivity index (χ4v) is 1.85. The van der Waals surface area contributed by atoms with Crippen molar-refractivity contribution in [3.8, 4) is 0 Å². The average molecular weight is 238 g/mol. The van der Waals surface area contributed by atoms with Crippen molar-refractivity contribution in [1.29, 1.82) is 0 Å². The molecule has 0 aliphatic carbocycles. The molecule has 0 unspecified atom stereocenters. The molecule has 4 nitrogen and oxygen atoms in total. The lowest BCUT2D eigenvalue weighted by molar-refractivity contribution is -0.132. The van der Waals surface area contributed by atoms with Crippen LogP contribution < -0.4 is 0 Å². The van der Waals surface area contributed by atoms with Crippen molar-refractivity contribution in [2.24, 2.45) is 0 Å². The van der Waals surface area contributed by atoms with E-state index in [0.29, 0.717) is 10.9 Å². The summed E-state index contributed by atoms with van der Waals surface area (Å²) in [6.07, 6.45) is 0. The summed E-state index contributed by atoms with van der Waals surface area (Å²) in [7, 11) is 0. The van der Waals surface area contributed by atoms with Gasteiger partial charge in [-0.1, -0.05) is 18.3 Å². The van der Waals surface area contributed by atoms with Gasteiger partial charge in [-0.15, -0.1) is 0 Å². The zero-order valence-electron chi connectivity index (χ0n) is 9.57. The Balaban J connectivity index is 2.76. The Morgan fingerprint density at radius 2 is 1.81 bits per heavy atom. The minimum absolute atomic E-state index is 0.157. The van der Waals surface area contributed by atoms with Crippen LogP contribution in [0.4, 0.5) is 0 Å². The van der Waals surface area contributed by atoms with Gasteiger partial charge in [-0.25, -0.2) is 14.8 Å². The summed E-state index contributed by atoms with van der Waals surface area (Å²) in [6.45, 7) is 9.26. The number of nitrogens with zero attached hydrogens (tertiary/aromatic N) is 2. The molecule has 1 N–H and O–H groups in total. The van der Waals surface area contributed by atoms with Gasteiger partial charge in [0.1, 0.15) is 0 Å². The fourth-order valence-electron chi connectivity index (χ4n) is 1.02. The van der Waals surface area contributed by atoms with Crippen LogP contribution in [0.25, 0.3) is 0 Å². The second-order valence-corrected chi connectivity index (χ2v) is 4.44. The number of aromatic nitrogens is 2. The molecule has 0 aliphatic heterocycles. The molecule has 0 radical (unpaired) electrons. The van der Waals surface area contributed by atoms with Gasteiger partial charge in [-0.2, -0.15) is 0 Å². The minimum Gasteiger partial charge on any atom is -0.478 e. The van der Waals surface area contributed by atoms with E-state index in [1.807, 2.05) is 20.8 Å². The minimum atomic E-state index is -0.979. The first kappa shape index (κ1) is 12.7. The van der Waals surface area contributed by atoms with Crippen LogP contribution >= 0.6 is 11.8 Å². The van der Waals surface area contributed by atoms with Crippen LogP contribution in [0, 0.1) is 20.8 Å². The fraction of sp³-hybridized carbons (Fsp3) is 0.364. The molecule has 0 spiro atoms. The van der Waals surface area contributed by atoms with Gasteiger partial charge in [0.25, 0.3) is 0 Å². The van der Waals surface area contributed by atoms with Gasteiger partial charge in [0.15, 0.2) is 5.16 Å². The molecule has 1 heterocycles. The highest BCUT2D eigenvalue weighted by Gasteiger charge is 2.08. The molecule has 0 fully saturated rings. The first-order chi connectivity index (χ1) is 7.41. The van der Waals surface area contributed by atoms with Crippen molar-refractivity contribution in [2.45, 2.75) is 25.9 Å². The number of carboxylic acid groups (broad SMARTS) is 1. The van der Waals surface area contributed by atoms with Crippen molar-refractivity contribution < 1.29 is 9.90 Å². The maximum Gasteiger partial charge on any atom is 0.331 e. The van der Waals surface area contributed by atoms with Crippen LogP contribution in [0.3, 0.4) is 0 Å². The zero-order valence-corrected chi connectivity index (χ0v) is 10.4. The molecule has 16 heavy (non-hydrogen) atoms. The second-order valence-electron chi connectivity index (χ2n) is 3.50. The molecule has 0 bridgehead atoms. The molecule has 86 valence electrons. The van der Waals surface area contributed by atoms with E-state index in [2.05, 4.69) is 16.5 Å². The Hall–Kier alpha value is -1.36. The zero-order chi connectivity index (χ0) is 12.3. The Bertz CT molecular complexity index is 421. The maximum absolute atomic E-state index is 10.6. The number of rotatable bonds is 4. The van der Waals surface area contributed by atoms with E-state index in [1.165, 1.54) is 11.8 Å². The van der Waals surface area contributed by atoms with Crippen molar-refractivity contribution in [1.82, 2.24) is 9.97 Å². The number of aryl methyl sites for hydroxylation is 2. The summed E-state index contributed by atoms with van der Waals surface area (Å²) >= 11 is 1.29. The third-order valence-electron chi connectivity index (χ3n) is 2.29. The summed E-state index contributed by atoms with van der Waals surface area (Å²) in [5.41, 5.74) is 3.08. The van der Waals surface area contributed by atoms with Gasteiger partial charge in [-0.05, 0) is 26.3 Å². The highest BCUT2D eigenvalue weighted by Crippen LogP contribution is 2.18. The van der Waals surface area contributed by atoms with E-state index < -0.39 is 5.97 Å². The van der Waals surface area contributed by atoms with Crippen LogP contribution in [0.2, 0.25) is 0 Å². The number of carbonyl (C=O) groups is 1. The molecule has 0 aromatic carbocycles. The Morgan fingerprint density at radius 1 is 1.31 bits per heavy atom. The predicted molar refractivity (Wildman–Crippen MR) is 63.7 cm³/mol. The van der Waals surface area contributed by atoms with Crippen molar-refractivity contribution in [2.75, 3.05) is 5.75 Å². The smallest absolute Gasteiger partial charge is 0.331 e. The van der Waals surface area contributed by atoms with Gasteiger partial charge in [0.05, 0.1) is 0 Å². The lowest BCUT2D eigenvalue weighted by Gasteiger charge is -2.06. The van der Waals surface area contributed by atoms with Crippen LogP contribution in [-0.2, 0) is 4.79 Å². The molecule has 1 rings (SSSR count). The SMILES string of the molecule is C=C(CSc1nc(C)c(C)c(C)n1)C(=O)O. The number of hydrogen-bond donors (Lipinski definition) is 1. The molecule has 0 atom stereocenters. The molecule has 1 aromatic heterocycles. The molecular weight excluding hydrogens is 224 g/mol. The molecule has 0 saturated carbocycles. The third-order valence-corrected chi connectivity index (χ3v) is 3.22. The summed E-state index contributed by atoms with van der Waals surface area (Å²) in [4.78, 5) is 19.1. The first-order valence-corrected chi connectivity index (χ1v) is 5.76. The standard InChI is InChI=1S/C11H14N2O2S/c1-6(10(14)15)5-16-11-12-8(3)7(2)9(4)13-11/h1,5H2,2-4H3,(H,14,15). The predicted octanol–water partition coefficient (Wildman–Crippen LogP) is 2.13. The number of thioether (sulfide) groups is 1. The lowest BCUT2D eigenvalue weighted by atomic mass is 10.2. The van der Waals surface area contributed by atoms with Gasteiger partial charge >= 0.3 is 5.97 Å². The first-order valence-electron chi connectivity index (χ1n) is 4.77. The van der Waals surface area contributed by atoms with Gasteiger partial charge in [0, 0.05) is 22.7 Å². The monoisotopic (exact) mass is 238 g/mol. The van der Waals surface area contributed by atoms with Gasteiger partial charge < -0.3 is 5.11 Å². The average Bonchev–Trinajstić information content (AvgIpc) is 2.22. The topological polar surface area (TPSA) is 63.1 Å². The van der Waals surface area contributed by atoms with E-state index in [9.17, 15) is 4.79 Å². The Labute approximate surface area is 98.8 Å². The van der Waals surface area contributed by atoms with Crippen molar-refractivity contribution in [3.63, 3.8) is 0 Å². The highest BCUT2D eigenvalue weighted by molar-refractivity contribution is 7.99. The third kappa shape index (κ3) is 3.06. The van der Waals surface area contributed by atoms with Gasteiger partial charge in [-0.3, -0.25) is 0 Å². The second kappa shape index (κ2) is 5.12. The van der Waals surface area contributed by atoms with E-state index >= 15 is 0 Å². The summed E-state index contributed by atoms with van der Waals surface area (Å²) in [5.74, 6) is -0.676. The normalized spacial score (nSPS) is 10.2. The van der Waals surface area contributed by atoms with Gasteiger partial charge in [0.2, 0.25) is 0 Å². The molecule has 0 saturated heterocycles. The molecular formula is C11H14N2O2S. The largest absolute Gasteiger partial charge is 0.478 e. The Morgan fingerprint density at radius 3 is 2.25 bits per heavy atom. The van der Waals surface area contributed by atoms with E-state index in [0.717, 1.165) is 17.0 Å². The van der Waals surface area contributed by atoms with E-state index in [-0.39, 0.29) is 5.57 Å². The quantitative estimate of drug-likeness (QED) is 0.494. The number of hydrogen-bond acceptors (Lipinski definition) is 4. The summed E-state index contributed by atoms with van der Waals surface area (Å²) in [6, 6.07) is 0. The summed E-state index contributed by atoms with van der Waals surface area (Å²) in [5, 5.41) is 9.26. The Kier molecular flexibility index (Phi) is 4.06. The van der Waals surface area contributed by atoms with Crippen LogP contribution in [0.5, 0.6) is 0 Å². The van der Waals surface area contributed by atoms with E-state index in [4.69, 9.17) is 5.11 Å². The van der Waals surface area contributed by atoms with Crippen molar-refractivity contribution in [3.05, 3.63) is 29.1 Å². The van der Waals surface area contributed by atoms with Crippen molar-refractivity contribution >= 4 is 17.7 Å². The van der Waals surface area contributed by atoms with Crippen LogP contribution in [-0.4, -0.2) is 26.8 Å². The number of aliphatic carboxylic acids is 1. The molecule has 0 aliphatic rings. The molecule has 0 amide bonds. The van der Waals surface area contributed by atoms with Crippen LogP contribution in [0.1, 0.15) is 17.0 Å². The lowest BCUT2D eigenvalue weighted by Crippen LogP contribution is -2.03. The maximum atomic E-state index is 10.6. The number of carboxylic acids is 1. The molecule has 1 aromatic rings. The highest BCUT2D eigenvalue weighted by atomic mass is 32.2. The molecule has 5 heteroatoms. The summed E-state index contributed by atoms with van der Waals surface area (Å²) < 4.78 is 0. The van der Waals surface area contributed by atoms with Crippen LogP contribution in [0.15, 0.2) is 17.3 Å².